The molecule has 0 fully saturated rings. The molecule has 0 aromatic carbocycles. The Bertz CT molecular complexity index is 177. The third-order valence-electron chi connectivity index (χ3n) is 0.862. The molecule has 0 aromatic rings. The van der Waals surface area contributed by atoms with Crippen molar-refractivity contribution in [1.29, 1.82) is 0 Å². The van der Waals surface area contributed by atoms with Crippen molar-refractivity contribution in [3.8, 4) is 0 Å². The lowest BCUT2D eigenvalue weighted by molar-refractivity contribution is -0.114. The van der Waals surface area contributed by atoms with E-state index in [9.17, 15) is 9.36 Å². The van der Waals surface area contributed by atoms with E-state index in [1.807, 2.05) is 0 Å². The second-order valence-corrected chi connectivity index (χ2v) is 4.28. The summed E-state index contributed by atoms with van der Waals surface area (Å²) < 4.78 is 25.8. The number of Topliss-reactive ketones (excluding diaryl/α,β-unsaturated/α-hetero) is 1. The van der Waals surface area contributed by atoms with E-state index in [1.165, 1.54) is 13.8 Å². The van der Waals surface area contributed by atoms with Crippen molar-refractivity contribution in [2.75, 3.05) is 19.8 Å². The van der Waals surface area contributed by atoms with Gasteiger partial charge in [-0.1, -0.05) is 0 Å². The normalized spacial score (nSPS) is 10.5. The molecule has 0 radical (unpaired) electrons. The Kier molecular flexibility index (Phi) is 11.8. The van der Waals surface area contributed by atoms with Crippen LogP contribution in [0, 0.1) is 0 Å². The summed E-state index contributed by atoms with van der Waals surface area (Å²) in [4.78, 5) is 9.44. The fraction of sp³-hybridized carbons (Fsp3) is 0.889. The lowest BCUT2D eigenvalue weighted by atomic mass is 10.6. The zero-order chi connectivity index (χ0) is 12.3. The Labute approximate surface area is 91.7 Å². The third-order valence-corrected chi connectivity index (χ3v) is 2.58. The Morgan fingerprint density at radius 1 is 0.933 bits per heavy atom. The fourth-order valence-corrected chi connectivity index (χ4v) is 1.76. The van der Waals surface area contributed by atoms with Crippen LogP contribution in [-0.4, -0.2) is 25.6 Å². The van der Waals surface area contributed by atoms with Crippen molar-refractivity contribution in [3.05, 3.63) is 0 Å². The van der Waals surface area contributed by atoms with Gasteiger partial charge in [0.25, 0.3) is 0 Å². The summed E-state index contributed by atoms with van der Waals surface area (Å²) in [5.74, 6) is 0.167. The van der Waals surface area contributed by atoms with Gasteiger partial charge >= 0.3 is 7.82 Å². The summed E-state index contributed by atoms with van der Waals surface area (Å²) in [5.41, 5.74) is 0. The van der Waals surface area contributed by atoms with Crippen LogP contribution >= 0.6 is 7.82 Å². The molecule has 0 aliphatic heterocycles. The molecule has 0 heterocycles. The van der Waals surface area contributed by atoms with Gasteiger partial charge in [0.1, 0.15) is 5.78 Å². The lowest BCUT2D eigenvalue weighted by Crippen LogP contribution is -1.99. The Hall–Kier alpha value is -0.220. The first-order valence-corrected chi connectivity index (χ1v) is 6.38. The Balaban J connectivity index is 0. The van der Waals surface area contributed by atoms with E-state index in [1.54, 1.807) is 20.8 Å². The predicted octanol–water partition coefficient (Wildman–Crippen LogP) is 2.80. The highest BCUT2D eigenvalue weighted by Crippen LogP contribution is 2.48. The first kappa shape index (κ1) is 17.2. The summed E-state index contributed by atoms with van der Waals surface area (Å²) in [7, 11) is -3.22. The fourth-order valence-electron chi connectivity index (χ4n) is 0.586. The van der Waals surface area contributed by atoms with E-state index in [0.29, 0.717) is 19.8 Å². The van der Waals surface area contributed by atoms with Crippen LogP contribution in [0.4, 0.5) is 0 Å². The van der Waals surface area contributed by atoms with Crippen LogP contribution in [0.2, 0.25) is 0 Å². The Morgan fingerprint density at radius 2 is 1.13 bits per heavy atom. The topological polar surface area (TPSA) is 61.8 Å². The number of phosphoric ester groups is 1. The highest BCUT2D eigenvalue weighted by atomic mass is 31.2. The minimum atomic E-state index is -3.22. The van der Waals surface area contributed by atoms with Crippen molar-refractivity contribution in [1.82, 2.24) is 0 Å². The van der Waals surface area contributed by atoms with E-state index in [2.05, 4.69) is 0 Å². The van der Waals surface area contributed by atoms with Gasteiger partial charge in [-0.3, -0.25) is 13.6 Å². The molecule has 15 heavy (non-hydrogen) atoms. The van der Waals surface area contributed by atoms with Crippen molar-refractivity contribution in [2.45, 2.75) is 34.6 Å². The van der Waals surface area contributed by atoms with Crippen molar-refractivity contribution < 1.29 is 22.9 Å². The lowest BCUT2D eigenvalue weighted by Gasteiger charge is -2.14. The SMILES string of the molecule is CC(C)=O.CCOP(=O)(OCC)OCC. The number of hydrogen-bond donors (Lipinski definition) is 0. The second-order valence-electron chi connectivity index (χ2n) is 2.61. The van der Waals surface area contributed by atoms with Crippen LogP contribution in [0.25, 0.3) is 0 Å². The molecule has 0 bridgehead atoms. The van der Waals surface area contributed by atoms with Gasteiger partial charge in [-0.2, -0.15) is 0 Å². The molecular weight excluding hydrogens is 219 g/mol. The van der Waals surface area contributed by atoms with Crippen molar-refractivity contribution >= 4 is 13.6 Å². The van der Waals surface area contributed by atoms with E-state index in [0.717, 1.165) is 0 Å². The standard InChI is InChI=1S/C6H15O4P.C3H6O/c1-4-8-11(7,9-5-2)10-6-3;1-3(2)4/h4-6H2,1-3H3;1-2H3. The van der Waals surface area contributed by atoms with Crippen LogP contribution in [0.3, 0.4) is 0 Å². The molecule has 0 N–H and O–H groups in total. The highest BCUT2D eigenvalue weighted by Gasteiger charge is 2.23. The summed E-state index contributed by atoms with van der Waals surface area (Å²) in [6, 6.07) is 0. The molecule has 0 rings (SSSR count). The number of carbonyl (C=O) groups excluding carboxylic acids is 1. The molecule has 0 unspecified atom stereocenters. The maximum absolute atomic E-state index is 11.3. The van der Waals surface area contributed by atoms with Gasteiger partial charge in [-0.15, -0.1) is 0 Å². The number of phosphoric acid groups is 1. The minimum absolute atomic E-state index is 0.167. The van der Waals surface area contributed by atoms with Crippen molar-refractivity contribution in [2.24, 2.45) is 0 Å². The molecule has 6 heteroatoms. The molecular formula is C9H21O5P. The number of ketones is 1. The number of carbonyl (C=O) groups is 1. The second kappa shape index (κ2) is 10.3. The molecule has 0 aromatic heterocycles. The molecule has 0 saturated carbocycles. The van der Waals surface area contributed by atoms with Gasteiger partial charge in [-0.25, -0.2) is 4.57 Å². The van der Waals surface area contributed by atoms with Crippen LogP contribution in [0.15, 0.2) is 0 Å². The van der Waals surface area contributed by atoms with Crippen molar-refractivity contribution in [3.63, 3.8) is 0 Å². The van der Waals surface area contributed by atoms with E-state index >= 15 is 0 Å². The summed E-state index contributed by atoms with van der Waals surface area (Å²) in [6.07, 6.45) is 0. The molecule has 0 spiro atoms. The average Bonchev–Trinajstić information content (AvgIpc) is 2.03. The summed E-state index contributed by atoms with van der Waals surface area (Å²) >= 11 is 0. The van der Waals surface area contributed by atoms with E-state index in [-0.39, 0.29) is 5.78 Å². The molecule has 0 saturated heterocycles. The largest absolute Gasteiger partial charge is 0.474 e. The zero-order valence-electron chi connectivity index (χ0n) is 10.1. The molecule has 0 aliphatic carbocycles. The van der Waals surface area contributed by atoms with Gasteiger partial charge in [0.15, 0.2) is 0 Å². The Morgan fingerprint density at radius 3 is 1.27 bits per heavy atom. The van der Waals surface area contributed by atoms with Crippen LogP contribution in [0.5, 0.6) is 0 Å². The number of rotatable bonds is 6. The monoisotopic (exact) mass is 240 g/mol. The predicted molar refractivity (Wildman–Crippen MR) is 58.8 cm³/mol. The van der Waals surface area contributed by atoms with Gasteiger partial charge in [0, 0.05) is 0 Å². The first-order valence-electron chi connectivity index (χ1n) is 4.92. The van der Waals surface area contributed by atoms with Gasteiger partial charge < -0.3 is 4.79 Å². The minimum Gasteiger partial charge on any atom is -0.300 e. The quantitative estimate of drug-likeness (QED) is 0.668. The van der Waals surface area contributed by atoms with Gasteiger partial charge in [0.05, 0.1) is 19.8 Å². The van der Waals surface area contributed by atoms with Gasteiger partial charge in [-0.05, 0) is 34.6 Å². The van der Waals surface area contributed by atoms with E-state index in [4.69, 9.17) is 13.6 Å². The summed E-state index contributed by atoms with van der Waals surface area (Å²) in [6.45, 7) is 9.27. The molecule has 0 atom stereocenters. The molecule has 0 amide bonds. The molecule has 92 valence electrons. The maximum Gasteiger partial charge on any atom is 0.474 e. The van der Waals surface area contributed by atoms with Crippen LogP contribution in [-0.2, 0) is 22.9 Å². The zero-order valence-corrected chi connectivity index (χ0v) is 11.0. The molecule has 0 aliphatic rings. The van der Waals surface area contributed by atoms with Crippen LogP contribution < -0.4 is 0 Å². The smallest absolute Gasteiger partial charge is 0.300 e. The molecule has 5 nitrogen and oxygen atoms in total. The van der Waals surface area contributed by atoms with Crippen LogP contribution in [0.1, 0.15) is 34.6 Å². The first-order chi connectivity index (χ1) is 6.91. The van der Waals surface area contributed by atoms with Gasteiger partial charge in [0.2, 0.25) is 0 Å². The average molecular weight is 240 g/mol. The third kappa shape index (κ3) is 13.8. The maximum atomic E-state index is 11.3. The highest BCUT2D eigenvalue weighted by molar-refractivity contribution is 7.48. The number of hydrogen-bond acceptors (Lipinski definition) is 5. The summed E-state index contributed by atoms with van der Waals surface area (Å²) in [5, 5.41) is 0. The van der Waals surface area contributed by atoms with E-state index < -0.39 is 7.82 Å².